The molecule has 5 rings (SSSR count). The van der Waals surface area contributed by atoms with Crippen LogP contribution in [0.15, 0.2) is 72.8 Å². The van der Waals surface area contributed by atoms with Gasteiger partial charge in [-0.3, -0.25) is 14.7 Å². The van der Waals surface area contributed by atoms with Crippen LogP contribution in [-0.2, 0) is 0 Å². The molecule has 0 atom stereocenters. The van der Waals surface area contributed by atoms with Gasteiger partial charge in [-0.25, -0.2) is 0 Å². The number of fused-ring (bicyclic) bond motifs is 2. The summed E-state index contributed by atoms with van der Waals surface area (Å²) in [7, 11) is 8.48. The van der Waals surface area contributed by atoms with Gasteiger partial charge in [0.15, 0.2) is 0 Å². The first-order valence-corrected chi connectivity index (χ1v) is 14.1. The van der Waals surface area contributed by atoms with E-state index in [-0.39, 0.29) is 0 Å². The molecular formula is C34H49N3. The largest absolute Gasteiger partial charge is 0.297 e. The molecule has 3 nitrogen and oxygen atoms in total. The lowest BCUT2D eigenvalue weighted by molar-refractivity contribution is 0.117. The number of hydrogen-bond donors (Lipinski definition) is 0. The summed E-state index contributed by atoms with van der Waals surface area (Å²) < 4.78 is 0. The molecule has 0 fully saturated rings. The van der Waals surface area contributed by atoms with Crippen LogP contribution in [0.5, 0.6) is 0 Å². The van der Waals surface area contributed by atoms with Gasteiger partial charge in [0, 0.05) is 6.54 Å². The van der Waals surface area contributed by atoms with Gasteiger partial charge in [-0.2, -0.15) is 0 Å². The van der Waals surface area contributed by atoms with E-state index < -0.39 is 0 Å². The number of benzene rings is 5. The van der Waals surface area contributed by atoms with Crippen molar-refractivity contribution in [3.63, 3.8) is 0 Å². The van der Waals surface area contributed by atoms with E-state index in [2.05, 4.69) is 123 Å². The molecule has 0 unspecified atom stereocenters. The first kappa shape index (κ1) is 30.5. The molecule has 0 aliphatic rings. The number of hydrogen-bond acceptors (Lipinski definition) is 3. The topological polar surface area (TPSA) is 9.72 Å². The van der Waals surface area contributed by atoms with Crippen molar-refractivity contribution in [3.05, 3.63) is 72.8 Å². The van der Waals surface area contributed by atoms with Crippen LogP contribution in [0.3, 0.4) is 0 Å². The molecule has 0 aliphatic carbocycles. The van der Waals surface area contributed by atoms with E-state index >= 15 is 0 Å². The zero-order valence-corrected chi connectivity index (χ0v) is 24.8. The van der Waals surface area contributed by atoms with E-state index in [1.165, 1.54) is 62.5 Å². The second kappa shape index (κ2) is 15.5. The van der Waals surface area contributed by atoms with Crippen molar-refractivity contribution in [3.8, 4) is 0 Å². The Morgan fingerprint density at radius 3 is 1.11 bits per heavy atom. The van der Waals surface area contributed by atoms with Crippen molar-refractivity contribution in [2.75, 3.05) is 48.1 Å². The second-order valence-electron chi connectivity index (χ2n) is 9.61. The van der Waals surface area contributed by atoms with Gasteiger partial charge in [0.2, 0.25) is 0 Å². The van der Waals surface area contributed by atoms with Gasteiger partial charge >= 0.3 is 0 Å². The van der Waals surface area contributed by atoms with Crippen LogP contribution in [0.4, 0.5) is 0 Å². The molecule has 0 bridgehead atoms. The summed E-state index contributed by atoms with van der Waals surface area (Å²) in [4.78, 5) is 6.90. The van der Waals surface area contributed by atoms with Crippen LogP contribution in [0.1, 0.15) is 47.5 Å². The Morgan fingerprint density at radius 1 is 0.514 bits per heavy atom. The summed E-state index contributed by atoms with van der Waals surface area (Å²) in [6, 6.07) is 26.4. The van der Waals surface area contributed by atoms with Gasteiger partial charge in [0.25, 0.3) is 0 Å². The molecule has 0 radical (unpaired) electrons. The third-order valence-corrected chi connectivity index (χ3v) is 6.18. The summed E-state index contributed by atoms with van der Waals surface area (Å²) in [6.45, 7) is 13.5. The lowest BCUT2D eigenvalue weighted by Gasteiger charge is -2.28. The Hall–Kier alpha value is -2.72. The van der Waals surface area contributed by atoms with Gasteiger partial charge in [-0.05, 0) is 77.7 Å². The summed E-state index contributed by atoms with van der Waals surface area (Å²) in [5.41, 5.74) is 0. The van der Waals surface area contributed by atoms with Crippen LogP contribution in [0.2, 0.25) is 0 Å². The summed E-state index contributed by atoms with van der Waals surface area (Å²) in [5, 5.41) is 10.9. The SMILES string of the molecule is CC.CC.CCCCN(CN(C)C)CN(C)C.c1cc2cccc3c4cccc5cccc(c(c1)c23)c54. The third-order valence-electron chi connectivity index (χ3n) is 6.18. The molecule has 0 spiro atoms. The van der Waals surface area contributed by atoms with Crippen LogP contribution in [0, 0.1) is 0 Å². The molecule has 0 aromatic heterocycles. The summed E-state index contributed by atoms with van der Waals surface area (Å²) in [6.07, 6.45) is 2.57. The predicted octanol–water partition coefficient (Wildman–Crippen LogP) is 8.92. The van der Waals surface area contributed by atoms with Crippen LogP contribution < -0.4 is 0 Å². The Morgan fingerprint density at radius 2 is 0.838 bits per heavy atom. The lowest BCUT2D eigenvalue weighted by Crippen LogP contribution is -2.40. The minimum absolute atomic E-state index is 1.05. The normalized spacial score (nSPS) is 11.0. The Balaban J connectivity index is 0.000000249. The third kappa shape index (κ3) is 7.64. The van der Waals surface area contributed by atoms with Gasteiger partial charge in [0.1, 0.15) is 0 Å². The molecule has 37 heavy (non-hydrogen) atoms. The highest BCUT2D eigenvalue weighted by Gasteiger charge is 2.11. The zero-order valence-electron chi connectivity index (χ0n) is 24.8. The van der Waals surface area contributed by atoms with Gasteiger partial charge < -0.3 is 0 Å². The molecule has 5 aromatic rings. The smallest absolute Gasteiger partial charge is 0.0512 e. The maximum Gasteiger partial charge on any atom is 0.0512 e. The first-order valence-electron chi connectivity index (χ1n) is 14.1. The van der Waals surface area contributed by atoms with Gasteiger partial charge in [0.05, 0.1) is 13.3 Å². The van der Waals surface area contributed by atoms with Gasteiger partial charge in [-0.1, -0.05) is 114 Å². The van der Waals surface area contributed by atoms with Gasteiger partial charge in [-0.15, -0.1) is 0 Å². The number of rotatable bonds is 7. The van der Waals surface area contributed by atoms with Crippen molar-refractivity contribution >= 4 is 43.1 Å². The first-order chi connectivity index (χ1) is 18.0. The molecule has 0 N–H and O–H groups in total. The molecular weight excluding hydrogens is 450 g/mol. The lowest BCUT2D eigenvalue weighted by atomic mass is 9.90. The maximum atomic E-state index is 2.46. The maximum absolute atomic E-state index is 2.46. The van der Waals surface area contributed by atoms with Crippen molar-refractivity contribution < 1.29 is 0 Å². The van der Waals surface area contributed by atoms with Crippen molar-refractivity contribution in [2.45, 2.75) is 47.5 Å². The molecule has 0 aliphatic heterocycles. The number of unbranched alkanes of at least 4 members (excludes halogenated alkanes) is 1. The average Bonchev–Trinajstić information content (AvgIpc) is 2.92. The fraction of sp³-hybridized carbons (Fsp3) is 0.412. The average molecular weight is 500 g/mol. The molecule has 0 amide bonds. The molecule has 0 saturated heterocycles. The highest BCUT2D eigenvalue weighted by molar-refractivity contribution is 6.32. The van der Waals surface area contributed by atoms with E-state index in [0.29, 0.717) is 0 Å². The van der Waals surface area contributed by atoms with Crippen LogP contribution in [0.25, 0.3) is 43.1 Å². The standard InChI is InChI=1S/C20H12.C10H25N3.2C2H6/c1-5-13-6-2-11-17-18-12-4-8-14-7-3-10-16(20(14)18)15(9-1)19(13)17;1-6-7-8-13(9-11(2)3)10-12(4)5;2*1-2/h1-12H;6-10H2,1-5H3;2*1-2H3. The monoisotopic (exact) mass is 499 g/mol. The zero-order chi connectivity index (χ0) is 27.4. The van der Waals surface area contributed by atoms with E-state index in [1.807, 2.05) is 27.7 Å². The molecule has 5 aromatic carbocycles. The number of nitrogens with zero attached hydrogens (tertiary/aromatic N) is 3. The molecule has 200 valence electrons. The molecule has 0 saturated carbocycles. The summed E-state index contributed by atoms with van der Waals surface area (Å²) in [5.74, 6) is 0. The van der Waals surface area contributed by atoms with E-state index in [9.17, 15) is 0 Å². The minimum Gasteiger partial charge on any atom is -0.297 e. The van der Waals surface area contributed by atoms with Crippen molar-refractivity contribution in [1.82, 2.24) is 14.7 Å². The van der Waals surface area contributed by atoms with Crippen LogP contribution in [-0.4, -0.2) is 62.8 Å². The van der Waals surface area contributed by atoms with Crippen LogP contribution >= 0.6 is 0 Å². The minimum atomic E-state index is 1.05. The van der Waals surface area contributed by atoms with Crippen molar-refractivity contribution in [2.24, 2.45) is 0 Å². The fourth-order valence-electron chi connectivity index (χ4n) is 4.95. The second-order valence-corrected chi connectivity index (χ2v) is 9.61. The Labute approximate surface area is 226 Å². The van der Waals surface area contributed by atoms with E-state index in [1.54, 1.807) is 0 Å². The Bertz CT molecular complexity index is 1140. The molecule has 0 heterocycles. The predicted molar refractivity (Wildman–Crippen MR) is 169 cm³/mol. The quantitative estimate of drug-likeness (QED) is 0.126. The molecule has 3 heteroatoms. The Kier molecular flexibility index (Phi) is 12.8. The highest BCUT2D eigenvalue weighted by Crippen LogP contribution is 2.39. The summed E-state index contributed by atoms with van der Waals surface area (Å²) >= 11 is 0. The highest BCUT2D eigenvalue weighted by atomic mass is 15.4. The van der Waals surface area contributed by atoms with E-state index in [0.717, 1.165) is 13.3 Å². The van der Waals surface area contributed by atoms with E-state index in [4.69, 9.17) is 0 Å². The fourth-order valence-corrected chi connectivity index (χ4v) is 4.95. The van der Waals surface area contributed by atoms with Crippen molar-refractivity contribution in [1.29, 1.82) is 0 Å².